The van der Waals surface area contributed by atoms with Gasteiger partial charge in [-0.25, -0.2) is 9.59 Å². The lowest BCUT2D eigenvalue weighted by molar-refractivity contribution is 0.0602. The number of halogens is 1. The molecule has 0 radical (unpaired) electrons. The van der Waals surface area contributed by atoms with Gasteiger partial charge in [-0.15, -0.1) is 0 Å². The third kappa shape index (κ3) is 2.00. The van der Waals surface area contributed by atoms with Crippen LogP contribution >= 0.6 is 11.6 Å². The molecule has 5 nitrogen and oxygen atoms in total. The summed E-state index contributed by atoms with van der Waals surface area (Å²) in [6.45, 7) is 0. The quantitative estimate of drug-likeness (QED) is 0.472. The average molecular weight is 267 g/mol. The minimum Gasteiger partial charge on any atom is -0.465 e. The zero-order valence-corrected chi connectivity index (χ0v) is 9.98. The highest BCUT2D eigenvalue weighted by Crippen LogP contribution is 2.26. The van der Waals surface area contributed by atoms with Crippen molar-refractivity contribution in [2.24, 2.45) is 0 Å². The molecule has 1 aromatic heterocycles. The summed E-state index contributed by atoms with van der Waals surface area (Å²) >= 11 is 5.89. The van der Waals surface area contributed by atoms with Crippen molar-refractivity contribution in [1.82, 2.24) is 0 Å². The molecule has 0 aliphatic rings. The van der Waals surface area contributed by atoms with Gasteiger partial charge in [-0.2, -0.15) is 0 Å². The predicted molar refractivity (Wildman–Crippen MR) is 64.2 cm³/mol. The van der Waals surface area contributed by atoms with Crippen LogP contribution in [0.2, 0.25) is 5.02 Å². The number of methoxy groups -OCH3 is 1. The smallest absolute Gasteiger partial charge is 0.338 e. The van der Waals surface area contributed by atoms with Gasteiger partial charge in [0, 0.05) is 17.0 Å². The summed E-state index contributed by atoms with van der Waals surface area (Å²) in [6, 6.07) is 3.75. The summed E-state index contributed by atoms with van der Waals surface area (Å²) in [6.07, 6.45) is 0.581. The highest BCUT2D eigenvalue weighted by atomic mass is 35.5. The van der Waals surface area contributed by atoms with Crippen LogP contribution in [0.25, 0.3) is 11.0 Å². The van der Waals surface area contributed by atoms with Crippen molar-refractivity contribution in [3.8, 4) is 0 Å². The maximum atomic E-state index is 11.6. The number of carbonyl (C=O) groups is 2. The molecule has 18 heavy (non-hydrogen) atoms. The van der Waals surface area contributed by atoms with Crippen LogP contribution in [0, 0.1) is 0 Å². The number of carbonyl (C=O) groups excluding carboxylic acids is 2. The van der Waals surface area contributed by atoms with Crippen LogP contribution in [-0.2, 0) is 4.74 Å². The summed E-state index contributed by atoms with van der Waals surface area (Å²) in [5.74, 6) is -0.702. The SMILES string of the molecule is COC(=O)c1cc(=O)oc2c(Cl)cc(C=O)cc12. The van der Waals surface area contributed by atoms with Gasteiger partial charge in [0.1, 0.15) is 6.29 Å². The Labute approximate surface area is 106 Å². The third-order valence-corrected chi connectivity index (χ3v) is 2.64. The molecule has 2 aromatic rings. The molecule has 0 aliphatic heterocycles. The maximum Gasteiger partial charge on any atom is 0.338 e. The fourth-order valence-electron chi connectivity index (χ4n) is 1.59. The number of rotatable bonds is 2. The summed E-state index contributed by atoms with van der Waals surface area (Å²) in [4.78, 5) is 33.6. The molecule has 0 atom stereocenters. The second-order valence-electron chi connectivity index (χ2n) is 3.47. The molecule has 0 amide bonds. The molecule has 6 heteroatoms. The first-order chi connectivity index (χ1) is 8.56. The second-order valence-corrected chi connectivity index (χ2v) is 3.88. The van der Waals surface area contributed by atoms with Crippen molar-refractivity contribution in [3.05, 3.63) is 44.8 Å². The van der Waals surface area contributed by atoms with E-state index in [-0.39, 0.29) is 27.1 Å². The largest absolute Gasteiger partial charge is 0.465 e. The summed E-state index contributed by atoms with van der Waals surface area (Å²) in [5.41, 5.74) is -0.389. The minimum atomic E-state index is -0.719. The highest BCUT2D eigenvalue weighted by molar-refractivity contribution is 6.35. The number of fused-ring (bicyclic) bond motifs is 1. The Morgan fingerprint density at radius 3 is 2.72 bits per heavy atom. The van der Waals surface area contributed by atoms with E-state index in [1.807, 2.05) is 0 Å². The molecule has 1 heterocycles. The van der Waals surface area contributed by atoms with Gasteiger partial charge < -0.3 is 9.15 Å². The molecule has 0 N–H and O–H groups in total. The van der Waals surface area contributed by atoms with Gasteiger partial charge in [0.15, 0.2) is 5.58 Å². The first-order valence-electron chi connectivity index (χ1n) is 4.87. The molecular formula is C12H7ClO5. The molecule has 0 fully saturated rings. The van der Waals surface area contributed by atoms with Crippen molar-refractivity contribution in [3.63, 3.8) is 0 Å². The van der Waals surface area contributed by atoms with E-state index in [0.717, 1.165) is 6.07 Å². The molecule has 0 spiro atoms. The molecule has 0 unspecified atom stereocenters. The van der Waals surface area contributed by atoms with E-state index in [4.69, 9.17) is 16.0 Å². The van der Waals surface area contributed by atoms with Crippen LogP contribution < -0.4 is 5.63 Å². The highest BCUT2D eigenvalue weighted by Gasteiger charge is 2.16. The normalized spacial score (nSPS) is 10.3. The minimum absolute atomic E-state index is 0.00866. The van der Waals surface area contributed by atoms with Gasteiger partial charge in [-0.3, -0.25) is 4.79 Å². The van der Waals surface area contributed by atoms with Gasteiger partial charge in [-0.05, 0) is 12.1 Å². The van der Waals surface area contributed by atoms with E-state index in [2.05, 4.69) is 4.74 Å². The Hall–Kier alpha value is -2.14. The molecule has 2 rings (SSSR count). The van der Waals surface area contributed by atoms with Gasteiger partial charge >= 0.3 is 11.6 Å². The number of aldehydes is 1. The van der Waals surface area contributed by atoms with Crippen molar-refractivity contribution >= 4 is 34.8 Å². The molecule has 1 aromatic carbocycles. The first-order valence-corrected chi connectivity index (χ1v) is 5.25. The number of hydrogen-bond acceptors (Lipinski definition) is 5. The zero-order valence-electron chi connectivity index (χ0n) is 9.23. The molecular weight excluding hydrogens is 260 g/mol. The average Bonchev–Trinajstić information content (AvgIpc) is 2.37. The lowest BCUT2D eigenvalue weighted by atomic mass is 10.1. The van der Waals surface area contributed by atoms with E-state index >= 15 is 0 Å². The zero-order chi connectivity index (χ0) is 13.3. The first kappa shape index (κ1) is 12.3. The number of esters is 1. The Morgan fingerprint density at radius 1 is 1.39 bits per heavy atom. The molecule has 0 aliphatic carbocycles. The molecule has 92 valence electrons. The molecule has 0 saturated carbocycles. The van der Waals surface area contributed by atoms with Crippen LogP contribution in [0.3, 0.4) is 0 Å². The van der Waals surface area contributed by atoms with Gasteiger partial charge in [-0.1, -0.05) is 11.6 Å². The number of ether oxygens (including phenoxy) is 1. The van der Waals surface area contributed by atoms with Crippen LogP contribution in [0.5, 0.6) is 0 Å². The Morgan fingerprint density at radius 2 is 2.11 bits per heavy atom. The third-order valence-electron chi connectivity index (χ3n) is 2.36. The standard InChI is InChI=1S/C12H7ClO5/c1-17-12(16)8-4-10(15)18-11-7(8)2-6(5-14)3-9(11)13/h2-5H,1H3. The summed E-state index contributed by atoms with van der Waals surface area (Å²) < 4.78 is 9.48. The number of benzene rings is 1. The van der Waals surface area contributed by atoms with Crippen molar-refractivity contribution in [1.29, 1.82) is 0 Å². The van der Waals surface area contributed by atoms with Gasteiger partial charge in [0.2, 0.25) is 0 Å². The predicted octanol–water partition coefficient (Wildman–Crippen LogP) is 2.05. The second kappa shape index (κ2) is 4.62. The van der Waals surface area contributed by atoms with Gasteiger partial charge in [0.25, 0.3) is 0 Å². The maximum absolute atomic E-state index is 11.6. The topological polar surface area (TPSA) is 73.6 Å². The monoisotopic (exact) mass is 266 g/mol. The van der Waals surface area contributed by atoms with E-state index < -0.39 is 11.6 Å². The van der Waals surface area contributed by atoms with Crippen LogP contribution in [0.15, 0.2) is 27.4 Å². The van der Waals surface area contributed by atoms with Crippen molar-refractivity contribution < 1.29 is 18.7 Å². The summed E-state index contributed by atoms with van der Waals surface area (Å²) in [5, 5.41) is 0.341. The van der Waals surface area contributed by atoms with E-state index in [1.54, 1.807) is 0 Å². The molecule has 0 bridgehead atoms. The Bertz CT molecular complexity index is 701. The van der Waals surface area contributed by atoms with E-state index in [9.17, 15) is 14.4 Å². The fourth-order valence-corrected chi connectivity index (χ4v) is 1.86. The van der Waals surface area contributed by atoms with E-state index in [1.165, 1.54) is 19.2 Å². The summed E-state index contributed by atoms with van der Waals surface area (Å²) in [7, 11) is 1.19. The van der Waals surface area contributed by atoms with Crippen LogP contribution in [0.4, 0.5) is 0 Å². The van der Waals surface area contributed by atoms with E-state index in [0.29, 0.717) is 6.29 Å². The Balaban J connectivity index is 2.92. The van der Waals surface area contributed by atoms with Crippen molar-refractivity contribution in [2.75, 3.05) is 7.11 Å². The van der Waals surface area contributed by atoms with Crippen LogP contribution in [-0.4, -0.2) is 19.4 Å². The lowest BCUT2D eigenvalue weighted by Gasteiger charge is -2.05. The van der Waals surface area contributed by atoms with Crippen LogP contribution in [0.1, 0.15) is 20.7 Å². The van der Waals surface area contributed by atoms with Crippen molar-refractivity contribution in [2.45, 2.75) is 0 Å². The fraction of sp³-hybridized carbons (Fsp3) is 0.0833. The molecule has 0 saturated heterocycles. The lowest BCUT2D eigenvalue weighted by Crippen LogP contribution is -2.08. The Kier molecular flexibility index (Phi) is 3.16. The number of hydrogen-bond donors (Lipinski definition) is 0. The van der Waals surface area contributed by atoms with Gasteiger partial charge in [0.05, 0.1) is 17.7 Å².